The van der Waals surface area contributed by atoms with E-state index in [1.807, 2.05) is 0 Å². The zero-order chi connectivity index (χ0) is 8.97. The fourth-order valence-corrected chi connectivity index (χ4v) is 1.10. The average Bonchev–Trinajstić information content (AvgIpc) is 2.48. The first kappa shape index (κ1) is 9.53. The first-order chi connectivity index (χ1) is 5.72. The van der Waals surface area contributed by atoms with Crippen LogP contribution in [0.15, 0.2) is 0 Å². The van der Waals surface area contributed by atoms with E-state index in [1.54, 1.807) is 14.0 Å². The van der Waals surface area contributed by atoms with E-state index in [2.05, 4.69) is 11.8 Å². The topological polar surface area (TPSA) is 38.7 Å². The first-order valence-corrected chi connectivity index (χ1v) is 4.09. The molecule has 0 aromatic rings. The molecule has 12 heavy (non-hydrogen) atoms. The summed E-state index contributed by atoms with van der Waals surface area (Å²) in [6.45, 7) is 1.63. The molecule has 0 radical (unpaired) electrons. The van der Waals surface area contributed by atoms with Gasteiger partial charge in [-0.3, -0.25) is 0 Å². The lowest BCUT2D eigenvalue weighted by molar-refractivity contribution is -0.102. The molecule has 0 amide bonds. The van der Waals surface area contributed by atoms with Crippen LogP contribution < -0.4 is 0 Å². The van der Waals surface area contributed by atoms with Gasteiger partial charge in [-0.15, -0.1) is 0 Å². The van der Waals surface area contributed by atoms with Gasteiger partial charge in [-0.2, -0.15) is 0 Å². The van der Waals surface area contributed by atoms with Crippen LogP contribution in [0.2, 0.25) is 0 Å². The van der Waals surface area contributed by atoms with E-state index in [0.29, 0.717) is 0 Å². The maximum atomic E-state index is 8.88. The van der Waals surface area contributed by atoms with Crippen LogP contribution in [0.5, 0.6) is 0 Å². The summed E-state index contributed by atoms with van der Waals surface area (Å²) in [5.74, 6) is 5.50. The van der Waals surface area contributed by atoms with E-state index in [9.17, 15) is 0 Å². The Hall–Kier alpha value is -0.560. The SMILES string of the molecule is COC1CCC(C#CC(C)O)O1. The van der Waals surface area contributed by atoms with Gasteiger partial charge in [0.2, 0.25) is 0 Å². The normalized spacial score (nSPS) is 30.9. The third-order valence-electron chi connectivity index (χ3n) is 1.70. The van der Waals surface area contributed by atoms with E-state index in [-0.39, 0.29) is 12.4 Å². The molecule has 0 aromatic carbocycles. The monoisotopic (exact) mass is 170 g/mol. The minimum absolute atomic E-state index is 0.0652. The molecule has 0 aromatic heterocycles. The number of rotatable bonds is 1. The van der Waals surface area contributed by atoms with Gasteiger partial charge in [-0.05, 0) is 13.3 Å². The number of methoxy groups -OCH3 is 1. The van der Waals surface area contributed by atoms with Gasteiger partial charge >= 0.3 is 0 Å². The van der Waals surface area contributed by atoms with Crippen molar-refractivity contribution in [3.8, 4) is 11.8 Å². The number of aliphatic hydroxyl groups is 1. The van der Waals surface area contributed by atoms with Crippen molar-refractivity contribution in [2.24, 2.45) is 0 Å². The summed E-state index contributed by atoms with van der Waals surface area (Å²) < 4.78 is 10.3. The van der Waals surface area contributed by atoms with Crippen LogP contribution in [-0.4, -0.2) is 30.7 Å². The third kappa shape index (κ3) is 2.82. The smallest absolute Gasteiger partial charge is 0.159 e. The van der Waals surface area contributed by atoms with Gasteiger partial charge in [0, 0.05) is 13.5 Å². The fraction of sp³-hybridized carbons (Fsp3) is 0.778. The molecule has 0 spiro atoms. The zero-order valence-electron chi connectivity index (χ0n) is 7.41. The van der Waals surface area contributed by atoms with Crippen molar-refractivity contribution in [1.29, 1.82) is 0 Å². The van der Waals surface area contributed by atoms with Crippen molar-refractivity contribution in [1.82, 2.24) is 0 Å². The standard InChI is InChI=1S/C9H14O3/c1-7(10)3-4-8-5-6-9(11-2)12-8/h7-10H,5-6H2,1-2H3. The highest BCUT2D eigenvalue weighted by Gasteiger charge is 2.22. The van der Waals surface area contributed by atoms with Crippen LogP contribution in [-0.2, 0) is 9.47 Å². The van der Waals surface area contributed by atoms with Crippen molar-refractivity contribution in [2.75, 3.05) is 7.11 Å². The highest BCUT2D eigenvalue weighted by molar-refractivity contribution is 5.09. The maximum Gasteiger partial charge on any atom is 0.159 e. The maximum absolute atomic E-state index is 8.88. The highest BCUT2D eigenvalue weighted by Crippen LogP contribution is 2.18. The second kappa shape index (κ2) is 4.46. The van der Waals surface area contributed by atoms with Gasteiger partial charge in [0.1, 0.15) is 12.2 Å². The minimum Gasteiger partial charge on any atom is -0.381 e. The summed E-state index contributed by atoms with van der Waals surface area (Å²) in [7, 11) is 1.62. The van der Waals surface area contributed by atoms with E-state index in [1.165, 1.54) is 0 Å². The quantitative estimate of drug-likeness (QED) is 0.583. The Bertz CT molecular complexity index is 190. The van der Waals surface area contributed by atoms with E-state index < -0.39 is 6.10 Å². The molecule has 3 nitrogen and oxygen atoms in total. The lowest BCUT2D eigenvalue weighted by Gasteiger charge is -2.06. The molecule has 1 heterocycles. The van der Waals surface area contributed by atoms with Crippen molar-refractivity contribution in [3.05, 3.63) is 0 Å². The molecule has 68 valence electrons. The number of hydrogen-bond acceptors (Lipinski definition) is 3. The Morgan fingerprint density at radius 1 is 1.58 bits per heavy atom. The Balaban J connectivity index is 2.34. The Morgan fingerprint density at radius 2 is 2.33 bits per heavy atom. The molecule has 1 aliphatic rings. The van der Waals surface area contributed by atoms with E-state index >= 15 is 0 Å². The van der Waals surface area contributed by atoms with E-state index in [0.717, 1.165) is 12.8 Å². The third-order valence-corrected chi connectivity index (χ3v) is 1.70. The minimum atomic E-state index is -0.574. The van der Waals surface area contributed by atoms with Gasteiger partial charge in [0.05, 0.1) is 0 Å². The molecule has 1 rings (SSSR count). The van der Waals surface area contributed by atoms with Gasteiger partial charge < -0.3 is 14.6 Å². The summed E-state index contributed by atoms with van der Waals surface area (Å²) in [6, 6.07) is 0. The predicted molar refractivity (Wildman–Crippen MR) is 44.4 cm³/mol. The molecule has 0 saturated carbocycles. The Kier molecular flexibility index (Phi) is 3.54. The number of aliphatic hydroxyl groups excluding tert-OH is 1. The van der Waals surface area contributed by atoms with Gasteiger partial charge in [-0.25, -0.2) is 0 Å². The number of hydrogen-bond donors (Lipinski definition) is 1. The van der Waals surface area contributed by atoms with Crippen LogP contribution in [0, 0.1) is 11.8 Å². The second-order valence-electron chi connectivity index (χ2n) is 2.83. The van der Waals surface area contributed by atoms with Crippen molar-refractivity contribution < 1.29 is 14.6 Å². The largest absolute Gasteiger partial charge is 0.381 e. The molecule has 1 fully saturated rings. The Morgan fingerprint density at radius 3 is 2.83 bits per heavy atom. The van der Waals surface area contributed by atoms with Crippen LogP contribution in [0.25, 0.3) is 0 Å². The predicted octanol–water partition coefficient (Wildman–Crippen LogP) is 0.522. The van der Waals surface area contributed by atoms with Crippen LogP contribution in [0.4, 0.5) is 0 Å². The molecule has 3 unspecified atom stereocenters. The first-order valence-electron chi connectivity index (χ1n) is 4.09. The molecule has 3 atom stereocenters. The molecular weight excluding hydrogens is 156 g/mol. The summed E-state index contributed by atoms with van der Waals surface area (Å²) in [5, 5.41) is 8.88. The molecular formula is C9H14O3. The van der Waals surface area contributed by atoms with Crippen LogP contribution in [0.1, 0.15) is 19.8 Å². The van der Waals surface area contributed by atoms with Crippen molar-refractivity contribution in [2.45, 2.75) is 38.3 Å². The molecule has 0 bridgehead atoms. The number of ether oxygens (including phenoxy) is 2. The summed E-state index contributed by atoms with van der Waals surface area (Å²) >= 11 is 0. The van der Waals surface area contributed by atoms with Gasteiger partial charge in [0.25, 0.3) is 0 Å². The highest BCUT2D eigenvalue weighted by atomic mass is 16.7. The lowest BCUT2D eigenvalue weighted by atomic mass is 10.2. The summed E-state index contributed by atoms with van der Waals surface area (Å²) in [6.07, 6.45) is 1.02. The van der Waals surface area contributed by atoms with Gasteiger partial charge in [-0.1, -0.05) is 11.8 Å². The summed E-state index contributed by atoms with van der Waals surface area (Å²) in [5.41, 5.74) is 0. The second-order valence-corrected chi connectivity index (χ2v) is 2.83. The summed E-state index contributed by atoms with van der Waals surface area (Å²) in [4.78, 5) is 0. The molecule has 1 aliphatic heterocycles. The lowest BCUT2D eigenvalue weighted by Crippen LogP contribution is -2.11. The van der Waals surface area contributed by atoms with Crippen LogP contribution >= 0.6 is 0 Å². The van der Waals surface area contributed by atoms with E-state index in [4.69, 9.17) is 14.6 Å². The van der Waals surface area contributed by atoms with Gasteiger partial charge in [0.15, 0.2) is 6.29 Å². The molecule has 1 saturated heterocycles. The van der Waals surface area contributed by atoms with Crippen molar-refractivity contribution in [3.63, 3.8) is 0 Å². The van der Waals surface area contributed by atoms with Crippen LogP contribution in [0.3, 0.4) is 0 Å². The zero-order valence-corrected chi connectivity index (χ0v) is 7.41. The molecule has 0 aliphatic carbocycles. The Labute approximate surface area is 72.7 Å². The average molecular weight is 170 g/mol. The fourth-order valence-electron chi connectivity index (χ4n) is 1.10. The molecule has 3 heteroatoms. The molecule has 1 N–H and O–H groups in total. The van der Waals surface area contributed by atoms with Crippen molar-refractivity contribution >= 4 is 0 Å².